The SMILES string of the molecule is Cc1csc(=O)n1CC(=O)Nc1nncs1. The third-order valence-electron chi connectivity index (χ3n) is 1.88. The van der Waals surface area contributed by atoms with Gasteiger partial charge in [-0.3, -0.25) is 19.5 Å². The van der Waals surface area contributed by atoms with Crippen LogP contribution in [0.3, 0.4) is 0 Å². The van der Waals surface area contributed by atoms with E-state index in [0.717, 1.165) is 17.0 Å². The van der Waals surface area contributed by atoms with Crippen molar-refractivity contribution in [1.29, 1.82) is 0 Å². The Labute approximate surface area is 98.6 Å². The van der Waals surface area contributed by atoms with Gasteiger partial charge in [0.05, 0.1) is 0 Å². The Hall–Kier alpha value is -1.54. The van der Waals surface area contributed by atoms with Gasteiger partial charge in [-0.1, -0.05) is 22.7 Å². The van der Waals surface area contributed by atoms with Crippen LogP contribution in [0.4, 0.5) is 5.13 Å². The van der Waals surface area contributed by atoms with Crippen molar-refractivity contribution in [3.8, 4) is 0 Å². The third kappa shape index (κ3) is 2.34. The molecule has 0 aliphatic carbocycles. The van der Waals surface area contributed by atoms with Crippen LogP contribution in [0.15, 0.2) is 15.7 Å². The summed E-state index contributed by atoms with van der Waals surface area (Å²) in [5.74, 6) is -0.277. The number of carbonyl (C=O) groups is 1. The van der Waals surface area contributed by atoms with Gasteiger partial charge in [0, 0.05) is 11.1 Å². The highest BCUT2D eigenvalue weighted by molar-refractivity contribution is 7.13. The number of hydrogen-bond acceptors (Lipinski definition) is 6. The van der Waals surface area contributed by atoms with E-state index < -0.39 is 0 Å². The van der Waals surface area contributed by atoms with Gasteiger partial charge in [0.25, 0.3) is 0 Å². The molecule has 0 spiro atoms. The van der Waals surface area contributed by atoms with Crippen LogP contribution in [0.5, 0.6) is 0 Å². The smallest absolute Gasteiger partial charge is 0.299 e. The summed E-state index contributed by atoms with van der Waals surface area (Å²) in [5.41, 5.74) is 2.31. The molecule has 0 saturated heterocycles. The summed E-state index contributed by atoms with van der Waals surface area (Å²) in [7, 11) is 0. The monoisotopic (exact) mass is 256 g/mol. The molecule has 84 valence electrons. The molecule has 1 N–H and O–H groups in total. The minimum Gasteiger partial charge on any atom is -0.299 e. The van der Waals surface area contributed by atoms with Crippen molar-refractivity contribution in [2.24, 2.45) is 0 Å². The molecule has 2 heterocycles. The minimum absolute atomic E-state index is 0.00769. The number of rotatable bonds is 3. The molecule has 2 rings (SSSR count). The van der Waals surface area contributed by atoms with Crippen LogP contribution in [0.1, 0.15) is 5.69 Å². The van der Waals surface area contributed by atoms with Crippen LogP contribution in [0, 0.1) is 6.92 Å². The summed E-state index contributed by atoms with van der Waals surface area (Å²) in [4.78, 5) is 22.8. The maximum atomic E-state index is 11.6. The van der Waals surface area contributed by atoms with Crippen LogP contribution in [0.25, 0.3) is 0 Å². The molecule has 16 heavy (non-hydrogen) atoms. The average molecular weight is 256 g/mol. The summed E-state index contributed by atoms with van der Waals surface area (Å²) in [6.45, 7) is 1.80. The number of thiazole rings is 1. The van der Waals surface area contributed by atoms with Crippen molar-refractivity contribution >= 4 is 33.7 Å². The molecule has 6 nitrogen and oxygen atoms in total. The van der Waals surface area contributed by atoms with Gasteiger partial charge < -0.3 is 0 Å². The predicted molar refractivity (Wildman–Crippen MR) is 61.9 cm³/mol. The Morgan fingerprint density at radius 2 is 2.38 bits per heavy atom. The topological polar surface area (TPSA) is 76.9 Å². The number of nitrogens with one attached hydrogen (secondary N) is 1. The van der Waals surface area contributed by atoms with Crippen LogP contribution in [-0.2, 0) is 11.3 Å². The van der Waals surface area contributed by atoms with Crippen molar-refractivity contribution in [1.82, 2.24) is 14.8 Å². The second kappa shape index (κ2) is 4.54. The molecular formula is C8H8N4O2S2. The molecular weight excluding hydrogens is 248 g/mol. The fraction of sp³-hybridized carbons (Fsp3) is 0.250. The molecule has 0 unspecified atom stereocenters. The van der Waals surface area contributed by atoms with E-state index >= 15 is 0 Å². The second-order valence-electron chi connectivity index (χ2n) is 3.02. The lowest BCUT2D eigenvalue weighted by molar-refractivity contribution is -0.116. The fourth-order valence-electron chi connectivity index (χ4n) is 1.13. The van der Waals surface area contributed by atoms with Crippen molar-refractivity contribution < 1.29 is 4.79 Å². The Bertz CT molecular complexity index is 543. The maximum Gasteiger partial charge on any atom is 0.307 e. The van der Waals surface area contributed by atoms with Gasteiger partial charge in [0.15, 0.2) is 0 Å². The Morgan fingerprint density at radius 1 is 1.56 bits per heavy atom. The highest BCUT2D eigenvalue weighted by Crippen LogP contribution is 2.08. The van der Waals surface area contributed by atoms with Crippen LogP contribution in [0.2, 0.25) is 0 Å². The zero-order valence-electron chi connectivity index (χ0n) is 8.34. The molecule has 0 radical (unpaired) electrons. The molecule has 0 aromatic carbocycles. The normalized spacial score (nSPS) is 10.3. The molecule has 2 aromatic heterocycles. The number of nitrogens with zero attached hydrogens (tertiary/aromatic N) is 3. The Kier molecular flexibility index (Phi) is 3.11. The standard InChI is InChI=1S/C8H8N4O2S2/c1-5-3-15-8(14)12(5)2-6(13)10-7-11-9-4-16-7/h3-4H,2H2,1H3,(H,10,11,13). The molecule has 0 bridgehead atoms. The molecule has 8 heteroatoms. The van der Waals surface area contributed by atoms with Crippen LogP contribution in [-0.4, -0.2) is 20.7 Å². The quantitative estimate of drug-likeness (QED) is 0.877. The van der Waals surface area contributed by atoms with Gasteiger partial charge in [0.1, 0.15) is 12.1 Å². The first-order chi connectivity index (χ1) is 7.66. The van der Waals surface area contributed by atoms with E-state index in [2.05, 4.69) is 15.5 Å². The Balaban J connectivity index is 2.06. The maximum absolute atomic E-state index is 11.6. The second-order valence-corrected chi connectivity index (χ2v) is 4.68. The van der Waals surface area contributed by atoms with Gasteiger partial charge >= 0.3 is 4.87 Å². The summed E-state index contributed by atoms with van der Waals surface area (Å²) < 4.78 is 1.42. The first-order valence-corrected chi connectivity index (χ1v) is 6.13. The number of aromatic nitrogens is 3. The molecule has 0 aliphatic heterocycles. The first kappa shape index (κ1) is 11.0. The molecule has 0 saturated carbocycles. The fourth-order valence-corrected chi connectivity index (χ4v) is 2.32. The molecule has 0 aliphatic rings. The van der Waals surface area contributed by atoms with E-state index in [1.807, 2.05) is 0 Å². The Morgan fingerprint density at radius 3 is 2.94 bits per heavy atom. The number of carbonyl (C=O) groups excluding carboxylic acids is 1. The number of anilines is 1. The molecule has 1 amide bonds. The van der Waals surface area contributed by atoms with Crippen LogP contribution >= 0.6 is 22.7 Å². The zero-order valence-corrected chi connectivity index (χ0v) is 9.97. The average Bonchev–Trinajstić information content (AvgIpc) is 2.83. The largest absolute Gasteiger partial charge is 0.307 e. The van der Waals surface area contributed by atoms with Crippen molar-refractivity contribution in [3.63, 3.8) is 0 Å². The van der Waals surface area contributed by atoms with E-state index in [4.69, 9.17) is 0 Å². The summed E-state index contributed by atoms with van der Waals surface area (Å²) in [6, 6.07) is 0. The number of hydrogen-bond donors (Lipinski definition) is 1. The van der Waals surface area contributed by atoms with Crippen molar-refractivity contribution in [2.45, 2.75) is 13.5 Å². The molecule has 2 aromatic rings. The van der Waals surface area contributed by atoms with Crippen molar-refractivity contribution in [3.05, 3.63) is 26.3 Å². The number of amides is 1. The van der Waals surface area contributed by atoms with Crippen LogP contribution < -0.4 is 10.2 Å². The minimum atomic E-state index is -0.277. The third-order valence-corrected chi connectivity index (χ3v) is 3.37. The summed E-state index contributed by atoms with van der Waals surface area (Å²) in [5, 5.41) is 12.0. The van der Waals surface area contributed by atoms with E-state index in [1.54, 1.807) is 12.3 Å². The lowest BCUT2D eigenvalue weighted by Gasteiger charge is -2.03. The van der Waals surface area contributed by atoms with Gasteiger partial charge in [0.2, 0.25) is 11.0 Å². The lowest BCUT2D eigenvalue weighted by atomic mass is 10.5. The van der Waals surface area contributed by atoms with E-state index in [9.17, 15) is 9.59 Å². The highest BCUT2D eigenvalue weighted by Gasteiger charge is 2.09. The number of aryl methyl sites for hydroxylation is 1. The van der Waals surface area contributed by atoms with E-state index in [0.29, 0.717) is 5.13 Å². The first-order valence-electron chi connectivity index (χ1n) is 4.38. The summed E-state index contributed by atoms with van der Waals surface area (Å²) in [6.07, 6.45) is 0. The molecule has 0 fully saturated rings. The van der Waals surface area contributed by atoms with Gasteiger partial charge in [-0.25, -0.2) is 0 Å². The summed E-state index contributed by atoms with van der Waals surface area (Å²) >= 11 is 2.32. The lowest BCUT2D eigenvalue weighted by Crippen LogP contribution is -2.25. The zero-order chi connectivity index (χ0) is 11.5. The highest BCUT2D eigenvalue weighted by atomic mass is 32.1. The van der Waals surface area contributed by atoms with Gasteiger partial charge in [-0.2, -0.15) is 0 Å². The van der Waals surface area contributed by atoms with Gasteiger partial charge in [-0.05, 0) is 6.92 Å². The van der Waals surface area contributed by atoms with E-state index in [1.165, 1.54) is 21.4 Å². The predicted octanol–water partition coefficient (Wildman–Crippen LogP) is 0.708. The van der Waals surface area contributed by atoms with E-state index in [-0.39, 0.29) is 17.3 Å². The van der Waals surface area contributed by atoms with Gasteiger partial charge in [-0.15, -0.1) is 10.2 Å². The molecule has 0 atom stereocenters. The van der Waals surface area contributed by atoms with Crippen molar-refractivity contribution in [2.75, 3.05) is 5.32 Å².